The molecule has 0 radical (unpaired) electrons. The highest BCUT2D eigenvalue weighted by Crippen LogP contribution is 2.30. The van der Waals surface area contributed by atoms with Crippen molar-refractivity contribution in [2.45, 2.75) is 25.7 Å². The summed E-state index contributed by atoms with van der Waals surface area (Å²) in [5.41, 5.74) is 0. The largest absolute Gasteiger partial charge is 0.481 e. The fourth-order valence-corrected chi connectivity index (χ4v) is 3.58. The molecule has 1 aliphatic heterocycles. The molecule has 0 aromatic rings. The third kappa shape index (κ3) is 5.44. The number of rotatable bonds is 4. The molecule has 1 saturated heterocycles. The molecular formula is C8H15NO2S2. The van der Waals surface area contributed by atoms with Gasteiger partial charge in [0.1, 0.15) is 0 Å². The van der Waals surface area contributed by atoms with Gasteiger partial charge in [-0.15, -0.1) is 0 Å². The van der Waals surface area contributed by atoms with Crippen LogP contribution in [0.4, 0.5) is 0 Å². The zero-order valence-electron chi connectivity index (χ0n) is 7.57. The molecule has 0 bridgehead atoms. The quantitative estimate of drug-likeness (QED) is 0.582. The molecule has 76 valence electrons. The van der Waals surface area contributed by atoms with E-state index in [-0.39, 0.29) is 0 Å². The van der Waals surface area contributed by atoms with E-state index in [4.69, 9.17) is 5.11 Å². The maximum absolute atomic E-state index is 10.3. The van der Waals surface area contributed by atoms with E-state index in [9.17, 15) is 4.79 Å². The van der Waals surface area contributed by atoms with E-state index in [2.05, 4.69) is 4.31 Å². The summed E-state index contributed by atoms with van der Waals surface area (Å²) >= 11 is 0. The Bertz CT molecular complexity index is 158. The molecule has 0 atom stereocenters. The second kappa shape index (κ2) is 6.56. The van der Waals surface area contributed by atoms with E-state index in [1.54, 1.807) is 11.0 Å². The van der Waals surface area contributed by atoms with Crippen molar-refractivity contribution in [1.82, 2.24) is 4.31 Å². The van der Waals surface area contributed by atoms with Crippen LogP contribution in [-0.4, -0.2) is 34.2 Å². The number of hydrogen-bond acceptors (Lipinski definition) is 4. The van der Waals surface area contributed by atoms with Crippen molar-refractivity contribution < 1.29 is 9.90 Å². The Labute approximate surface area is 86.8 Å². The van der Waals surface area contributed by atoms with Gasteiger partial charge in [0.15, 0.2) is 0 Å². The van der Waals surface area contributed by atoms with Crippen LogP contribution in [0.25, 0.3) is 0 Å². The first-order valence-corrected chi connectivity index (χ1v) is 6.83. The van der Waals surface area contributed by atoms with Crippen LogP contribution in [0.2, 0.25) is 0 Å². The summed E-state index contributed by atoms with van der Waals surface area (Å²) < 4.78 is 2.28. The second-order valence-corrected chi connectivity index (χ2v) is 5.49. The molecule has 1 N–H and O–H groups in total. The summed E-state index contributed by atoms with van der Waals surface area (Å²) in [5, 5.41) is 8.47. The monoisotopic (exact) mass is 221 g/mol. The van der Waals surface area contributed by atoms with Gasteiger partial charge >= 0.3 is 5.97 Å². The van der Waals surface area contributed by atoms with Gasteiger partial charge in [-0.2, -0.15) is 0 Å². The van der Waals surface area contributed by atoms with Crippen molar-refractivity contribution in [2.75, 3.05) is 18.8 Å². The summed E-state index contributed by atoms with van der Waals surface area (Å²) in [6.45, 7) is 2.02. The molecule has 0 spiro atoms. The minimum Gasteiger partial charge on any atom is -0.481 e. The zero-order chi connectivity index (χ0) is 9.52. The Morgan fingerprint density at radius 2 is 2.31 bits per heavy atom. The number of carboxylic acids is 1. The molecule has 5 heteroatoms. The third-order valence-electron chi connectivity index (χ3n) is 1.84. The first-order chi connectivity index (χ1) is 6.29. The van der Waals surface area contributed by atoms with Gasteiger partial charge in [-0.1, -0.05) is 10.8 Å². The molecular weight excluding hydrogens is 206 g/mol. The number of aliphatic carboxylic acids is 1. The van der Waals surface area contributed by atoms with Gasteiger partial charge < -0.3 is 5.11 Å². The van der Waals surface area contributed by atoms with Gasteiger partial charge in [0.05, 0.1) is 0 Å². The van der Waals surface area contributed by atoms with Gasteiger partial charge in [-0.25, -0.2) is 4.31 Å². The van der Waals surface area contributed by atoms with Crippen LogP contribution in [0.3, 0.4) is 0 Å². The van der Waals surface area contributed by atoms with Crippen molar-refractivity contribution in [3.05, 3.63) is 0 Å². The molecule has 0 aromatic carbocycles. The summed E-state index contributed by atoms with van der Waals surface area (Å²) in [5.74, 6) is 0.535. The molecule has 1 rings (SSSR count). The van der Waals surface area contributed by atoms with Crippen LogP contribution in [0.1, 0.15) is 25.7 Å². The summed E-state index contributed by atoms with van der Waals surface area (Å²) in [4.78, 5) is 10.3. The lowest BCUT2D eigenvalue weighted by Gasteiger charge is -2.16. The number of carboxylic acid groups (broad SMARTS) is 1. The first kappa shape index (κ1) is 11.2. The van der Waals surface area contributed by atoms with Gasteiger partial charge in [0.25, 0.3) is 0 Å². The Balaban J connectivity index is 2.08. The van der Waals surface area contributed by atoms with Crippen LogP contribution in [0.5, 0.6) is 0 Å². The fraction of sp³-hybridized carbons (Fsp3) is 0.875. The lowest BCUT2D eigenvalue weighted by Crippen LogP contribution is -2.17. The van der Waals surface area contributed by atoms with Gasteiger partial charge in [0.2, 0.25) is 0 Å². The van der Waals surface area contributed by atoms with Crippen molar-refractivity contribution in [1.29, 1.82) is 0 Å². The van der Waals surface area contributed by atoms with Gasteiger partial charge in [-0.05, 0) is 30.2 Å². The number of carbonyl (C=O) groups is 1. The average Bonchev–Trinajstić information content (AvgIpc) is 2.32. The van der Waals surface area contributed by atoms with Gasteiger partial charge in [-0.3, -0.25) is 4.79 Å². The van der Waals surface area contributed by atoms with Crippen molar-refractivity contribution in [3.8, 4) is 0 Å². The van der Waals surface area contributed by atoms with E-state index >= 15 is 0 Å². The van der Waals surface area contributed by atoms with E-state index in [1.165, 1.54) is 18.6 Å². The Morgan fingerprint density at radius 1 is 1.46 bits per heavy atom. The van der Waals surface area contributed by atoms with Crippen LogP contribution < -0.4 is 0 Å². The third-order valence-corrected chi connectivity index (χ3v) is 4.43. The maximum Gasteiger partial charge on any atom is 0.303 e. The van der Waals surface area contributed by atoms with Crippen LogP contribution in [0, 0.1) is 0 Å². The van der Waals surface area contributed by atoms with E-state index in [0.717, 1.165) is 19.5 Å². The average molecular weight is 221 g/mol. The van der Waals surface area contributed by atoms with Crippen molar-refractivity contribution >= 4 is 27.7 Å². The van der Waals surface area contributed by atoms with Crippen LogP contribution >= 0.6 is 21.8 Å². The Morgan fingerprint density at radius 3 is 3.08 bits per heavy atom. The molecule has 0 amide bonds. The molecule has 0 aromatic heterocycles. The number of hydrogen-bond donors (Lipinski definition) is 1. The van der Waals surface area contributed by atoms with Crippen molar-refractivity contribution in [2.24, 2.45) is 0 Å². The lowest BCUT2D eigenvalue weighted by atomic mass is 10.3. The summed E-state index contributed by atoms with van der Waals surface area (Å²) in [6, 6.07) is 0. The molecule has 0 saturated carbocycles. The SMILES string of the molecule is O=C(O)CCCN1CCCCSS1. The van der Waals surface area contributed by atoms with E-state index < -0.39 is 5.97 Å². The molecule has 1 aliphatic rings. The topological polar surface area (TPSA) is 40.5 Å². The normalized spacial score (nSPS) is 19.7. The predicted octanol–water partition coefficient (Wildman–Crippen LogP) is 2.24. The molecule has 0 unspecified atom stereocenters. The summed E-state index contributed by atoms with van der Waals surface area (Å²) in [7, 11) is 3.67. The highest BCUT2D eigenvalue weighted by Gasteiger charge is 2.10. The fourth-order valence-electron chi connectivity index (χ4n) is 1.15. The Hall–Kier alpha value is 0.130. The first-order valence-electron chi connectivity index (χ1n) is 4.55. The standard InChI is InChI=1S/C8H15NO2S2/c10-8(11)4-3-6-9-5-1-2-7-12-13-9/h1-7H2,(H,10,11). The highest BCUT2D eigenvalue weighted by molar-refractivity contribution is 8.75. The minimum absolute atomic E-state index is 0.293. The smallest absolute Gasteiger partial charge is 0.303 e. The lowest BCUT2D eigenvalue weighted by molar-refractivity contribution is -0.137. The molecule has 3 nitrogen and oxygen atoms in total. The van der Waals surface area contributed by atoms with Crippen LogP contribution in [-0.2, 0) is 4.79 Å². The molecule has 0 aliphatic carbocycles. The minimum atomic E-state index is -0.688. The predicted molar refractivity (Wildman–Crippen MR) is 57.7 cm³/mol. The molecule has 13 heavy (non-hydrogen) atoms. The zero-order valence-corrected chi connectivity index (χ0v) is 9.20. The van der Waals surface area contributed by atoms with E-state index in [0.29, 0.717) is 6.42 Å². The highest BCUT2D eigenvalue weighted by atomic mass is 33.1. The second-order valence-electron chi connectivity index (χ2n) is 3.03. The molecule has 1 heterocycles. The van der Waals surface area contributed by atoms with Crippen molar-refractivity contribution in [3.63, 3.8) is 0 Å². The molecule has 1 fully saturated rings. The van der Waals surface area contributed by atoms with Gasteiger partial charge in [0, 0.05) is 25.3 Å². The maximum atomic E-state index is 10.3. The van der Waals surface area contributed by atoms with Crippen LogP contribution in [0.15, 0.2) is 0 Å². The summed E-state index contributed by atoms with van der Waals surface area (Å²) in [6.07, 6.45) is 3.59. The number of nitrogens with zero attached hydrogens (tertiary/aromatic N) is 1. The van der Waals surface area contributed by atoms with E-state index in [1.807, 2.05) is 10.8 Å². The Kier molecular flexibility index (Phi) is 5.66.